The van der Waals surface area contributed by atoms with Crippen LogP contribution in [0.1, 0.15) is 103 Å². The normalized spacial score (nSPS) is 26.1. The molecular formula is C24H37NO3. The molecule has 4 nitrogen and oxygen atoms in total. The van der Waals surface area contributed by atoms with Gasteiger partial charge in [0.2, 0.25) is 0 Å². The third-order valence-electron chi connectivity index (χ3n) is 7.17. The van der Waals surface area contributed by atoms with Crippen LogP contribution < -0.4 is 4.74 Å². The van der Waals surface area contributed by atoms with Crippen LogP contribution in [0.3, 0.4) is 0 Å². The third kappa shape index (κ3) is 4.06. The predicted octanol–water partition coefficient (Wildman–Crippen LogP) is 6.83. The van der Waals surface area contributed by atoms with Gasteiger partial charge in [0.25, 0.3) is 0 Å². The average molecular weight is 388 g/mol. The summed E-state index contributed by atoms with van der Waals surface area (Å²) in [5, 5.41) is 14.3. The van der Waals surface area contributed by atoms with E-state index >= 15 is 0 Å². The van der Waals surface area contributed by atoms with E-state index in [2.05, 4.69) is 45.9 Å². The molecule has 1 N–H and O–H groups in total. The van der Waals surface area contributed by atoms with Gasteiger partial charge in [0, 0.05) is 11.5 Å². The zero-order valence-electron chi connectivity index (χ0n) is 18.3. The number of nitrogens with zero attached hydrogens (tertiary/aromatic N) is 1. The van der Waals surface area contributed by atoms with Crippen LogP contribution in [0.4, 0.5) is 0 Å². The van der Waals surface area contributed by atoms with E-state index in [1.54, 1.807) is 0 Å². The number of phenolic OH excluding ortho intramolecular Hbond substituents is 1. The highest BCUT2D eigenvalue weighted by molar-refractivity contribution is 5.53. The molecule has 156 valence electrons. The topological polar surface area (TPSA) is 58.9 Å². The summed E-state index contributed by atoms with van der Waals surface area (Å²) in [5.41, 5.74) is 1.71. The maximum Gasteiger partial charge on any atom is 0.127 e. The number of phenols is 1. The van der Waals surface area contributed by atoms with E-state index in [1.165, 1.54) is 25.7 Å². The van der Waals surface area contributed by atoms with Crippen molar-refractivity contribution in [2.24, 2.45) is 11.1 Å². The minimum atomic E-state index is -0.304. The highest BCUT2D eigenvalue weighted by Crippen LogP contribution is 2.55. The Kier molecular flexibility index (Phi) is 6.07. The smallest absolute Gasteiger partial charge is 0.127 e. The van der Waals surface area contributed by atoms with Crippen LogP contribution in [-0.4, -0.2) is 16.7 Å². The Morgan fingerprint density at radius 2 is 1.96 bits per heavy atom. The Morgan fingerprint density at radius 1 is 1.21 bits per heavy atom. The average Bonchev–Trinajstić information content (AvgIpc) is 2.63. The number of benzene rings is 1. The van der Waals surface area contributed by atoms with E-state index in [0.29, 0.717) is 18.1 Å². The zero-order chi connectivity index (χ0) is 20.5. The first-order valence-electron chi connectivity index (χ1n) is 11.1. The van der Waals surface area contributed by atoms with Gasteiger partial charge in [0.15, 0.2) is 0 Å². The van der Waals surface area contributed by atoms with Crippen LogP contribution in [-0.2, 0) is 5.41 Å². The molecule has 3 atom stereocenters. The van der Waals surface area contributed by atoms with Gasteiger partial charge in [-0.25, -0.2) is 0 Å². The van der Waals surface area contributed by atoms with Crippen molar-refractivity contribution in [3.63, 3.8) is 0 Å². The Bertz CT molecular complexity index is 710. The van der Waals surface area contributed by atoms with Crippen LogP contribution in [0.5, 0.6) is 11.5 Å². The lowest BCUT2D eigenvalue weighted by molar-refractivity contribution is -0.00994. The summed E-state index contributed by atoms with van der Waals surface area (Å²) in [6.45, 7) is 11.0. The molecule has 0 bridgehead atoms. The molecule has 0 radical (unpaired) electrons. The molecule has 1 aliphatic heterocycles. The van der Waals surface area contributed by atoms with E-state index in [4.69, 9.17) is 4.74 Å². The number of hydrogen-bond acceptors (Lipinski definition) is 4. The van der Waals surface area contributed by atoms with E-state index in [9.17, 15) is 10.0 Å². The van der Waals surface area contributed by atoms with Crippen LogP contribution in [0.2, 0.25) is 0 Å². The largest absolute Gasteiger partial charge is 0.508 e. The van der Waals surface area contributed by atoms with Crippen molar-refractivity contribution >= 4 is 0 Å². The molecule has 1 aliphatic carbocycles. The fourth-order valence-electron chi connectivity index (χ4n) is 5.35. The molecule has 0 amide bonds. The zero-order valence-corrected chi connectivity index (χ0v) is 18.3. The summed E-state index contributed by atoms with van der Waals surface area (Å²) in [4.78, 5) is 11.2. The first-order chi connectivity index (χ1) is 13.2. The van der Waals surface area contributed by atoms with Gasteiger partial charge < -0.3 is 9.84 Å². The second-order valence-corrected chi connectivity index (χ2v) is 10.1. The van der Waals surface area contributed by atoms with E-state index in [1.807, 2.05) is 6.07 Å². The van der Waals surface area contributed by atoms with Crippen LogP contribution in [0.15, 0.2) is 17.3 Å². The number of ether oxygens (including phenoxy) is 1. The monoisotopic (exact) mass is 387 g/mol. The van der Waals surface area contributed by atoms with Gasteiger partial charge in [-0.1, -0.05) is 51.6 Å². The molecule has 1 aromatic rings. The standard InChI is InChI=1S/C24H37NO3/c1-6-7-8-9-12-23(2,3)16-13-20(26)22-18-15-17(25-27)10-11-19(18)24(4,5)28-21(22)14-16/h13-14,17-19,26H,6-12,15H2,1-5H3/t17?,18-,19-/m1/s1. The van der Waals surface area contributed by atoms with Crippen LogP contribution >= 0.6 is 0 Å². The Morgan fingerprint density at radius 3 is 2.64 bits per heavy atom. The minimum absolute atomic E-state index is 0.00987. The van der Waals surface area contributed by atoms with Crippen LogP contribution in [0, 0.1) is 10.8 Å². The van der Waals surface area contributed by atoms with Crippen molar-refractivity contribution < 1.29 is 9.84 Å². The maximum absolute atomic E-state index is 11.2. The first kappa shape index (κ1) is 21.1. The molecule has 28 heavy (non-hydrogen) atoms. The fourth-order valence-corrected chi connectivity index (χ4v) is 5.35. The number of nitroso groups, excluding NO2 is 1. The first-order valence-corrected chi connectivity index (χ1v) is 11.1. The summed E-state index contributed by atoms with van der Waals surface area (Å²) >= 11 is 0. The van der Waals surface area contributed by atoms with Gasteiger partial charge in [-0.05, 0) is 68.6 Å². The van der Waals surface area contributed by atoms with Gasteiger partial charge >= 0.3 is 0 Å². The summed E-state index contributed by atoms with van der Waals surface area (Å²) in [6, 6.07) is 3.93. The Hall–Kier alpha value is -1.58. The van der Waals surface area contributed by atoms with Gasteiger partial charge in [0.05, 0.1) is 6.04 Å². The lowest BCUT2D eigenvalue weighted by Gasteiger charge is -2.48. The summed E-state index contributed by atoms with van der Waals surface area (Å²) in [7, 11) is 0. The lowest BCUT2D eigenvalue weighted by atomic mass is 9.65. The number of fused-ring (bicyclic) bond motifs is 3. The second kappa shape index (κ2) is 8.04. The molecular weight excluding hydrogens is 350 g/mol. The molecule has 2 aliphatic rings. The van der Waals surface area contributed by atoms with Crippen molar-refractivity contribution in [1.29, 1.82) is 0 Å². The number of hydrogen-bond donors (Lipinski definition) is 1. The quantitative estimate of drug-likeness (QED) is 0.412. The summed E-state index contributed by atoms with van der Waals surface area (Å²) < 4.78 is 6.45. The Balaban J connectivity index is 1.92. The fraction of sp³-hybridized carbons (Fsp3) is 0.750. The number of unbranched alkanes of at least 4 members (excludes halogenated alkanes) is 3. The van der Waals surface area contributed by atoms with Gasteiger partial charge in [-0.3, -0.25) is 0 Å². The highest BCUT2D eigenvalue weighted by atomic mass is 16.5. The van der Waals surface area contributed by atoms with Crippen molar-refractivity contribution in [2.45, 2.75) is 109 Å². The lowest BCUT2D eigenvalue weighted by Crippen LogP contribution is -2.47. The van der Waals surface area contributed by atoms with Crippen molar-refractivity contribution in [3.8, 4) is 11.5 Å². The molecule has 1 unspecified atom stereocenters. The van der Waals surface area contributed by atoms with Crippen molar-refractivity contribution in [2.75, 3.05) is 0 Å². The number of rotatable bonds is 7. The van der Waals surface area contributed by atoms with Gasteiger partial charge in [-0.2, -0.15) is 4.91 Å². The predicted molar refractivity (Wildman–Crippen MR) is 114 cm³/mol. The molecule has 1 aromatic carbocycles. The molecule has 1 fully saturated rings. The molecule has 0 saturated heterocycles. The SMILES string of the molecule is CCCCCCC(C)(C)c1cc(O)c2c(c1)OC(C)(C)[C@@H]1CCC(N=O)C[C@@H]21. The molecule has 0 aromatic heterocycles. The van der Waals surface area contributed by atoms with Gasteiger partial charge in [-0.15, -0.1) is 0 Å². The van der Waals surface area contributed by atoms with Gasteiger partial charge in [0.1, 0.15) is 17.1 Å². The maximum atomic E-state index is 11.2. The Labute approximate surface area is 170 Å². The van der Waals surface area contributed by atoms with E-state index in [-0.39, 0.29) is 23.0 Å². The molecule has 1 heterocycles. The molecule has 0 spiro atoms. The van der Waals surface area contributed by atoms with Crippen molar-refractivity contribution in [1.82, 2.24) is 0 Å². The number of aromatic hydroxyl groups is 1. The third-order valence-corrected chi connectivity index (χ3v) is 7.17. The molecule has 1 saturated carbocycles. The van der Waals surface area contributed by atoms with Crippen molar-refractivity contribution in [3.05, 3.63) is 28.2 Å². The molecule has 3 rings (SSSR count). The second-order valence-electron chi connectivity index (χ2n) is 10.1. The van der Waals surface area contributed by atoms with Crippen LogP contribution in [0.25, 0.3) is 0 Å². The molecule has 4 heteroatoms. The summed E-state index contributed by atoms with van der Waals surface area (Å²) in [6.07, 6.45) is 8.50. The van der Waals surface area contributed by atoms with E-state index < -0.39 is 0 Å². The van der Waals surface area contributed by atoms with E-state index in [0.717, 1.165) is 36.1 Å². The summed E-state index contributed by atoms with van der Waals surface area (Å²) in [5.74, 6) is 1.56. The highest BCUT2D eigenvalue weighted by Gasteiger charge is 2.48. The minimum Gasteiger partial charge on any atom is -0.508 e.